The summed E-state index contributed by atoms with van der Waals surface area (Å²) >= 11 is 0. The van der Waals surface area contributed by atoms with Gasteiger partial charge < -0.3 is 5.32 Å². The number of alkyl halides is 3. The standard InChI is InChI=1S/C11H23F3N2/c1-9(6-15-10(2,3)4)7-16(5)8-11(12,13)14/h9,15H,6-8H2,1-5H3. The van der Waals surface area contributed by atoms with Crippen molar-refractivity contribution in [1.29, 1.82) is 0 Å². The first-order chi connectivity index (χ1) is 6.99. The Morgan fingerprint density at radius 2 is 1.69 bits per heavy atom. The molecule has 1 N–H and O–H groups in total. The second-order valence-corrected chi connectivity index (χ2v) is 5.55. The fraction of sp³-hybridized carbons (Fsp3) is 1.00. The van der Waals surface area contributed by atoms with E-state index in [1.807, 2.05) is 27.7 Å². The van der Waals surface area contributed by atoms with Gasteiger partial charge >= 0.3 is 6.18 Å². The van der Waals surface area contributed by atoms with E-state index in [1.165, 1.54) is 11.9 Å². The normalized spacial score (nSPS) is 15.6. The van der Waals surface area contributed by atoms with E-state index in [1.54, 1.807) is 0 Å². The molecule has 1 atom stereocenters. The van der Waals surface area contributed by atoms with E-state index in [9.17, 15) is 13.2 Å². The van der Waals surface area contributed by atoms with E-state index >= 15 is 0 Å². The van der Waals surface area contributed by atoms with Gasteiger partial charge in [0.05, 0.1) is 6.54 Å². The smallest absolute Gasteiger partial charge is 0.312 e. The Hall–Kier alpha value is -0.290. The summed E-state index contributed by atoms with van der Waals surface area (Å²) in [6, 6.07) is 0. The number of hydrogen-bond acceptors (Lipinski definition) is 2. The summed E-state index contributed by atoms with van der Waals surface area (Å²) in [6.45, 7) is 8.41. The molecule has 0 amide bonds. The van der Waals surface area contributed by atoms with Crippen LogP contribution >= 0.6 is 0 Å². The van der Waals surface area contributed by atoms with E-state index in [4.69, 9.17) is 0 Å². The number of rotatable bonds is 5. The van der Waals surface area contributed by atoms with Crippen molar-refractivity contribution in [3.63, 3.8) is 0 Å². The molecule has 2 nitrogen and oxygen atoms in total. The number of nitrogens with one attached hydrogen (secondary N) is 1. The highest BCUT2D eigenvalue weighted by molar-refractivity contribution is 4.73. The molecule has 98 valence electrons. The van der Waals surface area contributed by atoms with Gasteiger partial charge in [-0.2, -0.15) is 13.2 Å². The lowest BCUT2D eigenvalue weighted by Crippen LogP contribution is -2.42. The Labute approximate surface area is 96.2 Å². The van der Waals surface area contributed by atoms with E-state index in [-0.39, 0.29) is 11.5 Å². The monoisotopic (exact) mass is 240 g/mol. The maximum atomic E-state index is 12.1. The zero-order valence-electron chi connectivity index (χ0n) is 10.8. The highest BCUT2D eigenvalue weighted by Gasteiger charge is 2.29. The second kappa shape index (κ2) is 5.87. The van der Waals surface area contributed by atoms with Crippen molar-refractivity contribution in [2.24, 2.45) is 5.92 Å². The number of nitrogens with zero attached hydrogens (tertiary/aromatic N) is 1. The molecule has 0 aliphatic heterocycles. The van der Waals surface area contributed by atoms with Gasteiger partial charge in [-0.05, 0) is 40.3 Å². The van der Waals surface area contributed by atoms with Crippen molar-refractivity contribution < 1.29 is 13.2 Å². The average Bonchev–Trinajstić information content (AvgIpc) is 1.95. The van der Waals surface area contributed by atoms with Crippen LogP contribution in [0.4, 0.5) is 13.2 Å². The minimum absolute atomic E-state index is 0.0108. The van der Waals surface area contributed by atoms with Crippen LogP contribution in [0.5, 0.6) is 0 Å². The van der Waals surface area contributed by atoms with Gasteiger partial charge in [0.15, 0.2) is 0 Å². The van der Waals surface area contributed by atoms with Gasteiger partial charge in [0.25, 0.3) is 0 Å². The lowest BCUT2D eigenvalue weighted by atomic mass is 10.1. The molecule has 1 unspecified atom stereocenters. The first-order valence-corrected chi connectivity index (χ1v) is 5.50. The summed E-state index contributed by atoms with van der Waals surface area (Å²) < 4.78 is 36.2. The molecule has 0 heterocycles. The van der Waals surface area contributed by atoms with E-state index in [2.05, 4.69) is 5.32 Å². The number of hydrogen-bond donors (Lipinski definition) is 1. The molecular weight excluding hydrogens is 217 g/mol. The summed E-state index contributed by atoms with van der Waals surface area (Å²) in [4.78, 5) is 1.31. The lowest BCUT2D eigenvalue weighted by molar-refractivity contribution is -0.143. The summed E-state index contributed by atoms with van der Waals surface area (Å²) in [5.74, 6) is 0.201. The summed E-state index contributed by atoms with van der Waals surface area (Å²) in [5.41, 5.74) is 0.0108. The minimum Gasteiger partial charge on any atom is -0.312 e. The molecule has 0 aromatic carbocycles. The average molecular weight is 240 g/mol. The van der Waals surface area contributed by atoms with Crippen molar-refractivity contribution >= 4 is 0 Å². The molecule has 0 spiro atoms. The van der Waals surface area contributed by atoms with Gasteiger partial charge in [0.1, 0.15) is 0 Å². The fourth-order valence-electron chi connectivity index (χ4n) is 1.45. The molecular formula is C11H23F3N2. The fourth-order valence-corrected chi connectivity index (χ4v) is 1.45. The zero-order valence-corrected chi connectivity index (χ0v) is 10.8. The molecule has 0 rings (SSSR count). The van der Waals surface area contributed by atoms with Crippen molar-refractivity contribution in [2.45, 2.75) is 39.4 Å². The van der Waals surface area contributed by atoms with Gasteiger partial charge in [0.2, 0.25) is 0 Å². The molecule has 0 aliphatic carbocycles. The van der Waals surface area contributed by atoms with Crippen molar-refractivity contribution in [1.82, 2.24) is 10.2 Å². The Bertz CT molecular complexity index is 196. The van der Waals surface area contributed by atoms with E-state index < -0.39 is 12.7 Å². The highest BCUT2D eigenvalue weighted by Crippen LogP contribution is 2.16. The van der Waals surface area contributed by atoms with Crippen molar-refractivity contribution in [2.75, 3.05) is 26.7 Å². The van der Waals surface area contributed by atoms with Crippen molar-refractivity contribution in [3.8, 4) is 0 Å². The molecule has 0 aromatic heterocycles. The van der Waals surface area contributed by atoms with Crippen LogP contribution in [-0.2, 0) is 0 Å². The molecule has 0 radical (unpaired) electrons. The molecule has 0 fully saturated rings. The molecule has 0 aliphatic rings. The molecule has 0 aromatic rings. The third-order valence-corrected chi connectivity index (χ3v) is 2.05. The van der Waals surface area contributed by atoms with Crippen LogP contribution < -0.4 is 5.32 Å². The van der Waals surface area contributed by atoms with E-state index in [0.717, 1.165) is 6.54 Å². The van der Waals surface area contributed by atoms with Gasteiger partial charge in [-0.1, -0.05) is 6.92 Å². The third-order valence-electron chi connectivity index (χ3n) is 2.05. The van der Waals surface area contributed by atoms with Gasteiger partial charge in [-0.25, -0.2) is 0 Å². The lowest BCUT2D eigenvalue weighted by Gasteiger charge is -2.26. The topological polar surface area (TPSA) is 15.3 Å². The van der Waals surface area contributed by atoms with Gasteiger partial charge in [0, 0.05) is 12.1 Å². The summed E-state index contributed by atoms with van der Waals surface area (Å²) in [7, 11) is 1.50. The molecule has 5 heteroatoms. The number of halogens is 3. The van der Waals surface area contributed by atoms with Crippen LogP contribution in [0.15, 0.2) is 0 Å². The first kappa shape index (κ1) is 15.7. The van der Waals surface area contributed by atoms with Crippen LogP contribution in [0.3, 0.4) is 0 Å². The van der Waals surface area contributed by atoms with Crippen molar-refractivity contribution in [3.05, 3.63) is 0 Å². The van der Waals surface area contributed by atoms with Crippen LogP contribution in [0, 0.1) is 5.92 Å². The van der Waals surface area contributed by atoms with Gasteiger partial charge in [-0.3, -0.25) is 4.90 Å². The van der Waals surface area contributed by atoms with Crippen LogP contribution in [-0.4, -0.2) is 43.3 Å². The van der Waals surface area contributed by atoms with Gasteiger partial charge in [-0.15, -0.1) is 0 Å². The predicted molar refractivity (Wildman–Crippen MR) is 60.5 cm³/mol. The predicted octanol–water partition coefficient (Wildman–Crippen LogP) is 2.50. The maximum absolute atomic E-state index is 12.1. The third kappa shape index (κ3) is 10.2. The maximum Gasteiger partial charge on any atom is 0.401 e. The summed E-state index contributed by atoms with van der Waals surface area (Å²) in [6.07, 6.45) is -4.11. The van der Waals surface area contributed by atoms with Crippen LogP contribution in [0.1, 0.15) is 27.7 Å². The zero-order chi connectivity index (χ0) is 13.0. The Kier molecular flexibility index (Phi) is 5.76. The SMILES string of the molecule is CC(CNC(C)(C)C)CN(C)CC(F)(F)F. The van der Waals surface area contributed by atoms with Crippen LogP contribution in [0.25, 0.3) is 0 Å². The molecule has 0 bridgehead atoms. The molecule has 16 heavy (non-hydrogen) atoms. The Morgan fingerprint density at radius 1 is 1.19 bits per heavy atom. The highest BCUT2D eigenvalue weighted by atomic mass is 19.4. The van der Waals surface area contributed by atoms with E-state index in [0.29, 0.717) is 6.54 Å². The second-order valence-electron chi connectivity index (χ2n) is 5.55. The molecule has 0 saturated heterocycles. The summed E-state index contributed by atoms with van der Waals surface area (Å²) in [5, 5.41) is 3.28. The Morgan fingerprint density at radius 3 is 2.06 bits per heavy atom. The molecule has 0 saturated carbocycles. The largest absolute Gasteiger partial charge is 0.401 e. The van der Waals surface area contributed by atoms with Crippen LogP contribution in [0.2, 0.25) is 0 Å². The first-order valence-electron chi connectivity index (χ1n) is 5.50. The Balaban J connectivity index is 3.83. The quantitative estimate of drug-likeness (QED) is 0.794. The minimum atomic E-state index is -4.11.